The van der Waals surface area contributed by atoms with E-state index in [0.29, 0.717) is 18.2 Å². The van der Waals surface area contributed by atoms with Crippen LogP contribution in [-0.4, -0.2) is 77.9 Å². The van der Waals surface area contributed by atoms with E-state index in [1.54, 1.807) is 0 Å². The first kappa shape index (κ1) is 17.9. The lowest BCUT2D eigenvalue weighted by Gasteiger charge is -2.30. The molecule has 0 bridgehead atoms. The van der Waals surface area contributed by atoms with E-state index in [0.717, 1.165) is 63.1 Å². The van der Waals surface area contributed by atoms with Crippen LogP contribution >= 0.6 is 0 Å². The molecule has 8 heteroatoms. The maximum atomic E-state index is 10.3. The van der Waals surface area contributed by atoms with E-state index in [1.165, 1.54) is 7.11 Å². The van der Waals surface area contributed by atoms with Gasteiger partial charge in [0.2, 0.25) is 11.8 Å². The van der Waals surface area contributed by atoms with Crippen LogP contribution in [-0.2, 0) is 17.6 Å². The zero-order valence-electron chi connectivity index (χ0n) is 15.2. The van der Waals surface area contributed by atoms with Crippen LogP contribution in [0.4, 0.5) is 5.95 Å². The van der Waals surface area contributed by atoms with Gasteiger partial charge in [-0.15, -0.1) is 0 Å². The minimum Gasteiger partial charge on any atom is -0.471 e. The van der Waals surface area contributed by atoms with Crippen LogP contribution in [0.3, 0.4) is 0 Å². The minimum atomic E-state index is -0.975. The van der Waals surface area contributed by atoms with Gasteiger partial charge in [0, 0.05) is 45.3 Å². The molecule has 2 heterocycles. The number of aromatic nitrogens is 2. The Morgan fingerprint density at radius 2 is 1.77 bits per heavy atom. The molecule has 2 aliphatic carbocycles. The van der Waals surface area contributed by atoms with Crippen molar-refractivity contribution in [2.45, 2.75) is 56.5 Å². The Labute approximate surface area is 153 Å². The molecular formula is C18H28N4O4. The van der Waals surface area contributed by atoms with E-state index >= 15 is 0 Å². The molecule has 1 saturated heterocycles. The van der Waals surface area contributed by atoms with Crippen molar-refractivity contribution in [1.29, 1.82) is 0 Å². The Hall–Kier alpha value is -1.48. The van der Waals surface area contributed by atoms with Gasteiger partial charge in [0.1, 0.15) is 18.3 Å². The molecular weight excluding hydrogens is 336 g/mol. The van der Waals surface area contributed by atoms with Crippen molar-refractivity contribution in [2.24, 2.45) is 0 Å². The normalized spacial score (nSPS) is 31.7. The lowest BCUT2D eigenvalue weighted by atomic mass is 9.97. The second-order valence-corrected chi connectivity index (χ2v) is 7.35. The monoisotopic (exact) mass is 364 g/mol. The molecule has 0 spiro atoms. The highest BCUT2D eigenvalue weighted by atomic mass is 16.5. The molecule has 4 rings (SSSR count). The van der Waals surface area contributed by atoms with Gasteiger partial charge < -0.3 is 29.9 Å². The SMILES string of the molecule is CO[C@@H]1C[C@H](Oc2nc(N3CCNCC3)nc3c2CCCC3)[C@@H](O)[C@H]1O. The molecule has 26 heavy (non-hydrogen) atoms. The Morgan fingerprint density at radius 1 is 1.04 bits per heavy atom. The third kappa shape index (κ3) is 3.38. The third-order valence-electron chi connectivity index (χ3n) is 5.68. The molecule has 3 N–H and O–H groups in total. The number of hydrogen-bond acceptors (Lipinski definition) is 8. The molecule has 0 aromatic carbocycles. The summed E-state index contributed by atoms with van der Waals surface area (Å²) >= 11 is 0. The van der Waals surface area contributed by atoms with Gasteiger partial charge in [-0.1, -0.05) is 0 Å². The Kier molecular flexibility index (Phi) is 5.26. The van der Waals surface area contributed by atoms with Crippen molar-refractivity contribution in [3.63, 3.8) is 0 Å². The van der Waals surface area contributed by atoms with Crippen LogP contribution in [0.15, 0.2) is 0 Å². The van der Waals surface area contributed by atoms with Gasteiger partial charge in [-0.2, -0.15) is 4.98 Å². The first-order chi connectivity index (χ1) is 12.7. The fourth-order valence-corrected chi connectivity index (χ4v) is 4.10. The van der Waals surface area contributed by atoms with Gasteiger partial charge in [-0.05, 0) is 25.7 Å². The topological polar surface area (TPSA) is 100.0 Å². The molecule has 0 unspecified atom stereocenters. The molecule has 1 aliphatic heterocycles. The number of nitrogens with one attached hydrogen (secondary N) is 1. The summed E-state index contributed by atoms with van der Waals surface area (Å²) in [5, 5.41) is 23.8. The Bertz CT molecular complexity index is 638. The smallest absolute Gasteiger partial charge is 0.228 e. The fourth-order valence-electron chi connectivity index (χ4n) is 4.10. The maximum Gasteiger partial charge on any atom is 0.228 e. The van der Waals surface area contributed by atoms with Gasteiger partial charge in [-0.25, -0.2) is 4.98 Å². The molecule has 4 atom stereocenters. The number of nitrogens with zero attached hydrogens (tertiary/aromatic N) is 3. The van der Waals surface area contributed by atoms with E-state index in [2.05, 4.69) is 10.2 Å². The molecule has 144 valence electrons. The summed E-state index contributed by atoms with van der Waals surface area (Å²) in [6.45, 7) is 3.57. The second-order valence-electron chi connectivity index (χ2n) is 7.35. The molecule has 0 radical (unpaired) electrons. The zero-order chi connectivity index (χ0) is 18.1. The number of methoxy groups -OCH3 is 1. The highest BCUT2D eigenvalue weighted by Gasteiger charge is 2.44. The molecule has 8 nitrogen and oxygen atoms in total. The zero-order valence-corrected chi connectivity index (χ0v) is 15.2. The van der Waals surface area contributed by atoms with E-state index in [-0.39, 0.29) is 0 Å². The van der Waals surface area contributed by atoms with E-state index < -0.39 is 24.4 Å². The van der Waals surface area contributed by atoms with Crippen LogP contribution in [0.25, 0.3) is 0 Å². The summed E-state index contributed by atoms with van der Waals surface area (Å²) in [6, 6.07) is 0. The molecule has 0 amide bonds. The lowest BCUT2D eigenvalue weighted by molar-refractivity contribution is -0.0486. The number of ether oxygens (including phenoxy) is 2. The van der Waals surface area contributed by atoms with Gasteiger partial charge >= 0.3 is 0 Å². The summed E-state index contributed by atoms with van der Waals surface area (Å²) in [6.07, 6.45) is 1.65. The standard InChI is InChI=1S/C18H28N4O4/c1-25-13-10-14(16(24)15(13)23)26-17-11-4-2-3-5-12(11)20-18(21-17)22-8-6-19-7-9-22/h13-16,19,23-24H,2-10H2,1H3/t13-,14+,15+,16-/m1/s1. The van der Waals surface area contributed by atoms with Crippen molar-refractivity contribution in [3.8, 4) is 5.88 Å². The molecule has 3 aliphatic rings. The molecule has 1 aromatic rings. The average Bonchev–Trinajstić information content (AvgIpc) is 2.96. The Morgan fingerprint density at radius 3 is 2.50 bits per heavy atom. The minimum absolute atomic E-state index is 0.416. The number of piperazine rings is 1. The number of hydrogen-bond donors (Lipinski definition) is 3. The van der Waals surface area contributed by atoms with Crippen molar-refractivity contribution >= 4 is 5.95 Å². The summed E-state index contributed by atoms with van der Waals surface area (Å²) < 4.78 is 11.4. The van der Waals surface area contributed by atoms with Gasteiger partial charge in [0.15, 0.2) is 0 Å². The summed E-state index contributed by atoms with van der Waals surface area (Å²) in [5.41, 5.74) is 2.11. The molecule has 2 fully saturated rings. The lowest BCUT2D eigenvalue weighted by Crippen LogP contribution is -2.44. The molecule has 1 aromatic heterocycles. The summed E-state index contributed by atoms with van der Waals surface area (Å²) in [5.74, 6) is 1.27. The number of aryl methyl sites for hydroxylation is 1. The predicted octanol–water partition coefficient (Wildman–Crippen LogP) is -0.347. The number of aliphatic hydroxyl groups is 2. The largest absolute Gasteiger partial charge is 0.471 e. The predicted molar refractivity (Wildman–Crippen MR) is 95.6 cm³/mol. The van der Waals surface area contributed by atoms with Crippen molar-refractivity contribution in [1.82, 2.24) is 15.3 Å². The third-order valence-corrected chi connectivity index (χ3v) is 5.68. The van der Waals surface area contributed by atoms with E-state index in [9.17, 15) is 10.2 Å². The van der Waals surface area contributed by atoms with Gasteiger partial charge in [0.05, 0.1) is 11.8 Å². The Balaban J connectivity index is 1.61. The highest BCUT2D eigenvalue weighted by Crippen LogP contribution is 2.33. The van der Waals surface area contributed by atoms with Crippen LogP contribution in [0, 0.1) is 0 Å². The van der Waals surface area contributed by atoms with Gasteiger partial charge in [-0.3, -0.25) is 0 Å². The first-order valence-corrected chi connectivity index (χ1v) is 9.58. The number of rotatable bonds is 4. The fraction of sp³-hybridized carbons (Fsp3) is 0.778. The van der Waals surface area contributed by atoms with E-state index in [1.807, 2.05) is 0 Å². The van der Waals surface area contributed by atoms with Crippen molar-refractivity contribution in [2.75, 3.05) is 38.2 Å². The summed E-state index contributed by atoms with van der Waals surface area (Å²) in [4.78, 5) is 11.7. The van der Waals surface area contributed by atoms with Crippen LogP contribution in [0.2, 0.25) is 0 Å². The average molecular weight is 364 g/mol. The van der Waals surface area contributed by atoms with Crippen molar-refractivity contribution < 1.29 is 19.7 Å². The first-order valence-electron chi connectivity index (χ1n) is 9.58. The number of fused-ring (bicyclic) bond motifs is 1. The highest BCUT2D eigenvalue weighted by molar-refractivity contribution is 5.42. The van der Waals surface area contributed by atoms with E-state index in [4.69, 9.17) is 19.4 Å². The molecule has 1 saturated carbocycles. The number of anilines is 1. The maximum absolute atomic E-state index is 10.3. The van der Waals surface area contributed by atoms with Crippen molar-refractivity contribution in [3.05, 3.63) is 11.3 Å². The quantitative estimate of drug-likeness (QED) is 0.667. The number of aliphatic hydroxyl groups excluding tert-OH is 2. The van der Waals surface area contributed by atoms with Crippen LogP contribution in [0.5, 0.6) is 5.88 Å². The second kappa shape index (κ2) is 7.64. The summed E-state index contributed by atoms with van der Waals surface area (Å²) in [7, 11) is 1.54. The van der Waals surface area contributed by atoms with Crippen LogP contribution in [0.1, 0.15) is 30.5 Å². The van der Waals surface area contributed by atoms with Gasteiger partial charge in [0.25, 0.3) is 0 Å². The van der Waals surface area contributed by atoms with Crippen LogP contribution < -0.4 is 15.0 Å².